The maximum absolute atomic E-state index is 12.0. The molecule has 0 unspecified atom stereocenters. The van der Waals surface area contributed by atoms with Gasteiger partial charge in [-0.25, -0.2) is 0 Å². The van der Waals surface area contributed by atoms with Crippen molar-refractivity contribution >= 4 is 11.8 Å². The van der Waals surface area contributed by atoms with Gasteiger partial charge < -0.3 is 5.73 Å². The molecule has 0 heterocycles. The molecule has 1 nitrogen and oxygen atoms in total. The fourth-order valence-corrected chi connectivity index (χ4v) is 2.13. The minimum Gasteiger partial charge on any atom is -0.324 e. The maximum Gasteiger partial charge on any atom is 0.389 e. The van der Waals surface area contributed by atoms with E-state index in [0.29, 0.717) is 0 Å². The molecule has 0 saturated heterocycles. The standard InChI is InChI=1S/C12H16F3NS/c1-2-17-10-5-3-9(4-6-10)11(16)7-8-12(13,14)15/h3-6,11H,2,7-8,16H2,1H3/t11-/m1/s1. The van der Waals surface area contributed by atoms with E-state index in [4.69, 9.17) is 5.73 Å². The van der Waals surface area contributed by atoms with E-state index in [9.17, 15) is 13.2 Å². The zero-order valence-corrected chi connectivity index (χ0v) is 10.4. The van der Waals surface area contributed by atoms with Gasteiger partial charge in [0.25, 0.3) is 0 Å². The minimum absolute atomic E-state index is 0.0657. The number of hydrogen-bond acceptors (Lipinski definition) is 2. The van der Waals surface area contributed by atoms with Gasteiger partial charge in [-0.1, -0.05) is 19.1 Å². The highest BCUT2D eigenvalue weighted by molar-refractivity contribution is 7.99. The predicted octanol–water partition coefficient (Wildman–Crippen LogP) is 4.14. The molecular formula is C12H16F3NS. The summed E-state index contributed by atoms with van der Waals surface area (Å²) in [6.07, 6.45) is -5.03. The van der Waals surface area contributed by atoms with Gasteiger partial charge in [-0.2, -0.15) is 13.2 Å². The zero-order chi connectivity index (χ0) is 12.9. The molecule has 0 bridgehead atoms. The summed E-state index contributed by atoms with van der Waals surface area (Å²) < 4.78 is 36.1. The second-order valence-corrected chi connectivity index (χ2v) is 5.10. The number of halogens is 3. The molecule has 0 aliphatic heterocycles. The summed E-state index contributed by atoms with van der Waals surface area (Å²) in [5.74, 6) is 0.972. The van der Waals surface area contributed by atoms with Gasteiger partial charge in [0.05, 0.1) is 0 Å². The van der Waals surface area contributed by atoms with Crippen molar-refractivity contribution in [2.75, 3.05) is 5.75 Å². The Morgan fingerprint density at radius 1 is 1.24 bits per heavy atom. The molecule has 1 rings (SSSR count). The number of alkyl halides is 3. The normalized spacial score (nSPS) is 13.7. The summed E-state index contributed by atoms with van der Waals surface area (Å²) in [5.41, 5.74) is 6.48. The third-order valence-corrected chi connectivity index (χ3v) is 3.25. The number of rotatable bonds is 5. The van der Waals surface area contributed by atoms with E-state index in [1.807, 2.05) is 19.1 Å². The van der Waals surface area contributed by atoms with E-state index < -0.39 is 18.6 Å². The minimum atomic E-state index is -4.13. The van der Waals surface area contributed by atoms with E-state index in [1.54, 1.807) is 23.9 Å². The van der Waals surface area contributed by atoms with Gasteiger partial charge >= 0.3 is 6.18 Å². The molecule has 0 aliphatic carbocycles. The predicted molar refractivity (Wildman–Crippen MR) is 65.1 cm³/mol. The topological polar surface area (TPSA) is 26.0 Å². The van der Waals surface area contributed by atoms with Gasteiger partial charge in [-0.05, 0) is 29.9 Å². The molecule has 1 aromatic rings. The van der Waals surface area contributed by atoms with Gasteiger partial charge in [-0.15, -0.1) is 11.8 Å². The Hall–Kier alpha value is -0.680. The van der Waals surface area contributed by atoms with E-state index in [-0.39, 0.29) is 6.42 Å². The van der Waals surface area contributed by atoms with Crippen LogP contribution < -0.4 is 5.73 Å². The lowest BCUT2D eigenvalue weighted by molar-refractivity contribution is -0.136. The zero-order valence-electron chi connectivity index (χ0n) is 9.63. The summed E-state index contributed by atoms with van der Waals surface area (Å²) in [4.78, 5) is 1.11. The van der Waals surface area contributed by atoms with E-state index in [0.717, 1.165) is 16.2 Å². The van der Waals surface area contributed by atoms with Crippen LogP contribution in [0.4, 0.5) is 13.2 Å². The Bertz CT molecular complexity index is 335. The number of hydrogen-bond donors (Lipinski definition) is 1. The third-order valence-electron chi connectivity index (χ3n) is 2.36. The van der Waals surface area contributed by atoms with Crippen LogP contribution in [-0.2, 0) is 0 Å². The molecule has 1 atom stereocenters. The lowest BCUT2D eigenvalue weighted by Crippen LogP contribution is -2.15. The first kappa shape index (κ1) is 14.4. The fourth-order valence-electron chi connectivity index (χ4n) is 1.46. The molecule has 0 spiro atoms. The molecule has 96 valence electrons. The lowest BCUT2D eigenvalue weighted by atomic mass is 10.0. The van der Waals surface area contributed by atoms with Gasteiger partial charge in [0.2, 0.25) is 0 Å². The fraction of sp³-hybridized carbons (Fsp3) is 0.500. The summed E-state index contributed by atoms with van der Waals surface area (Å²) in [5, 5.41) is 0. The molecule has 0 saturated carbocycles. The molecule has 5 heteroatoms. The van der Waals surface area contributed by atoms with Crippen molar-refractivity contribution in [1.82, 2.24) is 0 Å². The summed E-state index contributed by atoms with van der Waals surface area (Å²) in [7, 11) is 0. The van der Waals surface area contributed by atoms with E-state index >= 15 is 0 Å². The van der Waals surface area contributed by atoms with Crippen molar-refractivity contribution in [2.24, 2.45) is 5.73 Å². The van der Waals surface area contributed by atoms with Gasteiger partial charge in [0.1, 0.15) is 0 Å². The van der Waals surface area contributed by atoms with Crippen LogP contribution in [-0.4, -0.2) is 11.9 Å². The first-order valence-electron chi connectivity index (χ1n) is 5.47. The lowest BCUT2D eigenvalue weighted by Gasteiger charge is -2.13. The number of nitrogens with two attached hydrogens (primary N) is 1. The number of thioether (sulfide) groups is 1. The third kappa shape index (κ3) is 5.46. The van der Waals surface area contributed by atoms with Gasteiger partial charge in [-0.3, -0.25) is 0 Å². The average molecular weight is 263 g/mol. The Kier molecular flexibility index (Phi) is 5.33. The van der Waals surface area contributed by atoms with Crippen molar-refractivity contribution in [2.45, 2.75) is 36.9 Å². The van der Waals surface area contributed by atoms with Crippen LogP contribution in [0.5, 0.6) is 0 Å². The van der Waals surface area contributed by atoms with Crippen molar-refractivity contribution < 1.29 is 13.2 Å². The molecule has 2 N–H and O–H groups in total. The Morgan fingerprint density at radius 3 is 2.29 bits per heavy atom. The maximum atomic E-state index is 12.0. The Labute approximate surface area is 104 Å². The molecule has 0 radical (unpaired) electrons. The average Bonchev–Trinajstić information content (AvgIpc) is 2.26. The van der Waals surface area contributed by atoms with E-state index in [2.05, 4.69) is 0 Å². The summed E-state index contributed by atoms with van der Waals surface area (Å²) in [6, 6.07) is 6.86. The second-order valence-electron chi connectivity index (χ2n) is 3.76. The van der Waals surface area contributed by atoms with Crippen LogP contribution in [0.2, 0.25) is 0 Å². The largest absolute Gasteiger partial charge is 0.389 e. The van der Waals surface area contributed by atoms with Crippen LogP contribution in [0, 0.1) is 0 Å². The smallest absolute Gasteiger partial charge is 0.324 e. The first-order chi connectivity index (χ1) is 7.92. The molecule has 17 heavy (non-hydrogen) atoms. The quantitative estimate of drug-likeness (QED) is 0.808. The second kappa shape index (κ2) is 6.31. The SMILES string of the molecule is CCSc1ccc([C@H](N)CCC(F)(F)F)cc1. The van der Waals surface area contributed by atoms with Crippen LogP contribution in [0.15, 0.2) is 29.2 Å². The summed E-state index contributed by atoms with van der Waals surface area (Å²) >= 11 is 1.69. The monoisotopic (exact) mass is 263 g/mol. The van der Waals surface area contributed by atoms with Gasteiger partial charge in [0.15, 0.2) is 0 Å². The van der Waals surface area contributed by atoms with Crippen molar-refractivity contribution in [3.05, 3.63) is 29.8 Å². The first-order valence-corrected chi connectivity index (χ1v) is 6.46. The van der Waals surface area contributed by atoms with Crippen molar-refractivity contribution in [1.29, 1.82) is 0 Å². The Balaban J connectivity index is 2.54. The highest BCUT2D eigenvalue weighted by Crippen LogP contribution is 2.27. The van der Waals surface area contributed by atoms with Gasteiger partial charge in [0, 0.05) is 17.4 Å². The highest BCUT2D eigenvalue weighted by atomic mass is 32.2. The van der Waals surface area contributed by atoms with E-state index in [1.165, 1.54) is 0 Å². The molecule has 0 aliphatic rings. The molecule has 0 fully saturated rings. The molecule has 0 aromatic heterocycles. The van der Waals surface area contributed by atoms with Crippen molar-refractivity contribution in [3.8, 4) is 0 Å². The van der Waals surface area contributed by atoms with Crippen LogP contribution in [0.25, 0.3) is 0 Å². The van der Waals surface area contributed by atoms with Crippen LogP contribution >= 0.6 is 11.8 Å². The molecule has 0 amide bonds. The molecular weight excluding hydrogens is 247 g/mol. The highest BCUT2D eigenvalue weighted by Gasteiger charge is 2.27. The number of benzene rings is 1. The van der Waals surface area contributed by atoms with Crippen molar-refractivity contribution in [3.63, 3.8) is 0 Å². The van der Waals surface area contributed by atoms with Crippen LogP contribution in [0.3, 0.4) is 0 Å². The molecule has 1 aromatic carbocycles. The van der Waals surface area contributed by atoms with Crippen LogP contribution in [0.1, 0.15) is 31.4 Å². The summed E-state index contributed by atoms with van der Waals surface area (Å²) in [6.45, 7) is 2.05. The Morgan fingerprint density at radius 2 is 1.82 bits per heavy atom.